The van der Waals surface area contributed by atoms with Crippen molar-refractivity contribution in [2.24, 2.45) is 0 Å². The van der Waals surface area contributed by atoms with Gasteiger partial charge in [0.1, 0.15) is 5.82 Å². The van der Waals surface area contributed by atoms with E-state index in [-0.39, 0.29) is 12.3 Å². The molecule has 152 valence electrons. The predicted octanol–water partition coefficient (Wildman–Crippen LogP) is 2.64. The Morgan fingerprint density at radius 1 is 1.17 bits per heavy atom. The number of aryl methyl sites for hydroxylation is 2. The van der Waals surface area contributed by atoms with Gasteiger partial charge in [0.2, 0.25) is 5.91 Å². The van der Waals surface area contributed by atoms with Gasteiger partial charge in [-0.2, -0.15) is 0 Å². The Balaban J connectivity index is 1.30. The number of hydrogen-bond donors (Lipinski definition) is 1. The molecule has 3 aromatic rings. The van der Waals surface area contributed by atoms with Crippen LogP contribution in [0.4, 0.5) is 5.82 Å². The summed E-state index contributed by atoms with van der Waals surface area (Å²) in [6.45, 7) is 7.77. The first-order valence-corrected chi connectivity index (χ1v) is 10.6. The first-order valence-electron chi connectivity index (χ1n) is 9.74. The van der Waals surface area contributed by atoms with E-state index in [1.165, 1.54) is 0 Å². The average molecular weight is 412 g/mol. The number of anilines is 1. The van der Waals surface area contributed by atoms with Gasteiger partial charge in [-0.1, -0.05) is 6.07 Å². The molecule has 29 heavy (non-hydrogen) atoms. The molecule has 0 unspecified atom stereocenters. The molecule has 4 heterocycles. The molecule has 1 N–H and O–H groups in total. The summed E-state index contributed by atoms with van der Waals surface area (Å²) in [5, 5.41) is 5.81. The van der Waals surface area contributed by atoms with E-state index in [1.807, 2.05) is 23.7 Å². The molecule has 1 saturated heterocycles. The van der Waals surface area contributed by atoms with Crippen LogP contribution < -0.4 is 10.2 Å². The van der Waals surface area contributed by atoms with Gasteiger partial charge in [0, 0.05) is 42.6 Å². The Kier molecular flexibility index (Phi) is 5.92. The highest BCUT2D eigenvalue weighted by atomic mass is 32.1. The van der Waals surface area contributed by atoms with Crippen molar-refractivity contribution < 1.29 is 9.53 Å². The van der Waals surface area contributed by atoms with E-state index in [0.717, 1.165) is 59.9 Å². The number of aromatic nitrogens is 3. The quantitative estimate of drug-likeness (QED) is 0.675. The zero-order chi connectivity index (χ0) is 20.2. The second kappa shape index (κ2) is 8.75. The summed E-state index contributed by atoms with van der Waals surface area (Å²) < 4.78 is 7.47. The molecule has 1 aliphatic rings. The number of amides is 1. The van der Waals surface area contributed by atoms with Crippen molar-refractivity contribution >= 4 is 23.1 Å². The van der Waals surface area contributed by atoms with E-state index >= 15 is 0 Å². The summed E-state index contributed by atoms with van der Waals surface area (Å²) in [6.07, 6.45) is 2.10. The smallest absolute Gasteiger partial charge is 0.226 e. The van der Waals surface area contributed by atoms with Crippen LogP contribution in [0.25, 0.3) is 5.13 Å². The van der Waals surface area contributed by atoms with Gasteiger partial charge in [-0.3, -0.25) is 9.36 Å². The second-order valence-electron chi connectivity index (χ2n) is 7.15. The second-order valence-corrected chi connectivity index (χ2v) is 7.99. The van der Waals surface area contributed by atoms with Crippen molar-refractivity contribution in [1.29, 1.82) is 0 Å². The lowest BCUT2D eigenvalue weighted by Crippen LogP contribution is -2.36. The van der Waals surface area contributed by atoms with Crippen LogP contribution in [0.2, 0.25) is 0 Å². The van der Waals surface area contributed by atoms with Crippen molar-refractivity contribution in [2.75, 3.05) is 31.2 Å². The molecule has 0 saturated carbocycles. The summed E-state index contributed by atoms with van der Waals surface area (Å²) in [6, 6.07) is 8.15. The normalized spacial score (nSPS) is 14.2. The number of carbonyl (C=O) groups is 1. The summed E-state index contributed by atoms with van der Waals surface area (Å²) in [7, 11) is 0. The van der Waals surface area contributed by atoms with Crippen LogP contribution in [0.5, 0.6) is 0 Å². The zero-order valence-corrected chi connectivity index (χ0v) is 17.5. The van der Waals surface area contributed by atoms with Gasteiger partial charge in [-0.15, -0.1) is 11.3 Å². The van der Waals surface area contributed by atoms with Crippen LogP contribution in [0.1, 0.15) is 22.6 Å². The summed E-state index contributed by atoms with van der Waals surface area (Å²) in [5.41, 5.74) is 4.05. The number of hydrogen-bond acceptors (Lipinski definition) is 6. The maximum Gasteiger partial charge on any atom is 0.226 e. The fourth-order valence-electron chi connectivity index (χ4n) is 3.38. The number of morpholine rings is 1. The van der Waals surface area contributed by atoms with Crippen LogP contribution in [0.15, 0.2) is 35.8 Å². The molecular weight excluding hydrogens is 386 g/mol. The molecule has 0 bridgehead atoms. The number of nitrogens with zero attached hydrogens (tertiary/aromatic N) is 4. The Bertz CT molecular complexity index is 954. The van der Waals surface area contributed by atoms with E-state index in [0.29, 0.717) is 6.54 Å². The minimum atomic E-state index is -0.0416. The topological polar surface area (TPSA) is 72.3 Å². The number of carbonyl (C=O) groups excluding carboxylic acids is 1. The third kappa shape index (κ3) is 4.65. The van der Waals surface area contributed by atoms with Crippen molar-refractivity contribution in [3.05, 3.63) is 58.5 Å². The van der Waals surface area contributed by atoms with Gasteiger partial charge in [0.05, 0.1) is 25.3 Å². The Labute approximate surface area is 174 Å². The summed E-state index contributed by atoms with van der Waals surface area (Å²) in [5.74, 6) is 0.911. The Morgan fingerprint density at radius 2 is 1.93 bits per heavy atom. The van der Waals surface area contributed by atoms with Crippen molar-refractivity contribution in [3.63, 3.8) is 0 Å². The standard InChI is InChI=1S/C21H25N5O2S/c1-15-3-4-16(2)26(15)21-24-18(14-29-21)11-20(27)23-13-17-5-6-19(22-12-17)25-7-9-28-10-8-25/h3-6,12,14H,7-11,13H2,1-2H3,(H,23,27). The molecule has 3 aromatic heterocycles. The lowest BCUT2D eigenvalue weighted by Gasteiger charge is -2.27. The molecule has 4 rings (SSSR count). The average Bonchev–Trinajstić information content (AvgIpc) is 3.33. The Morgan fingerprint density at radius 3 is 2.62 bits per heavy atom. The number of pyridine rings is 1. The number of rotatable bonds is 6. The van der Waals surface area contributed by atoms with Gasteiger partial charge in [0.15, 0.2) is 5.13 Å². The Hall–Kier alpha value is -2.71. The molecule has 1 fully saturated rings. The molecule has 0 aromatic carbocycles. The van der Waals surface area contributed by atoms with Gasteiger partial charge >= 0.3 is 0 Å². The van der Waals surface area contributed by atoms with E-state index in [4.69, 9.17) is 4.74 Å². The van der Waals surface area contributed by atoms with Crippen LogP contribution in [-0.4, -0.2) is 46.7 Å². The monoisotopic (exact) mass is 411 g/mol. The van der Waals surface area contributed by atoms with Gasteiger partial charge < -0.3 is 15.0 Å². The molecule has 8 heteroatoms. The highest BCUT2D eigenvalue weighted by molar-refractivity contribution is 7.12. The lowest BCUT2D eigenvalue weighted by molar-refractivity contribution is -0.120. The fraction of sp³-hybridized carbons (Fsp3) is 0.381. The van der Waals surface area contributed by atoms with E-state index < -0.39 is 0 Å². The zero-order valence-electron chi connectivity index (χ0n) is 16.7. The van der Waals surface area contributed by atoms with Crippen molar-refractivity contribution in [2.45, 2.75) is 26.8 Å². The molecule has 1 aliphatic heterocycles. The van der Waals surface area contributed by atoms with Crippen LogP contribution >= 0.6 is 11.3 Å². The van der Waals surface area contributed by atoms with Crippen molar-refractivity contribution in [3.8, 4) is 5.13 Å². The van der Waals surface area contributed by atoms with Gasteiger partial charge in [-0.05, 0) is 37.6 Å². The van der Waals surface area contributed by atoms with Crippen LogP contribution in [-0.2, 0) is 22.5 Å². The van der Waals surface area contributed by atoms with Crippen molar-refractivity contribution in [1.82, 2.24) is 19.9 Å². The minimum absolute atomic E-state index is 0.0416. The summed E-state index contributed by atoms with van der Waals surface area (Å²) >= 11 is 1.56. The fourth-order valence-corrected chi connectivity index (χ4v) is 4.32. The number of thiazole rings is 1. The number of ether oxygens (including phenoxy) is 1. The largest absolute Gasteiger partial charge is 0.378 e. The first-order chi connectivity index (χ1) is 14.1. The van der Waals surface area contributed by atoms with Gasteiger partial charge in [0.25, 0.3) is 0 Å². The molecule has 0 spiro atoms. The minimum Gasteiger partial charge on any atom is -0.378 e. The molecule has 1 amide bonds. The van der Waals surface area contributed by atoms with Crippen LogP contribution in [0.3, 0.4) is 0 Å². The summed E-state index contributed by atoms with van der Waals surface area (Å²) in [4.78, 5) is 23.7. The third-order valence-corrected chi connectivity index (χ3v) is 5.85. The van der Waals surface area contributed by atoms with Gasteiger partial charge in [-0.25, -0.2) is 9.97 Å². The van der Waals surface area contributed by atoms with Crippen LogP contribution in [0, 0.1) is 13.8 Å². The third-order valence-electron chi connectivity index (χ3n) is 4.98. The van der Waals surface area contributed by atoms with E-state index in [1.54, 1.807) is 11.3 Å². The molecule has 0 aliphatic carbocycles. The first kappa shape index (κ1) is 19.6. The van der Waals surface area contributed by atoms with E-state index in [2.05, 4.69) is 50.7 Å². The molecular formula is C21H25N5O2S. The highest BCUT2D eigenvalue weighted by Gasteiger charge is 2.13. The maximum absolute atomic E-state index is 12.3. The predicted molar refractivity (Wildman–Crippen MR) is 114 cm³/mol. The SMILES string of the molecule is Cc1ccc(C)n1-c1nc(CC(=O)NCc2ccc(N3CCOCC3)nc2)cs1. The number of nitrogens with one attached hydrogen (secondary N) is 1. The maximum atomic E-state index is 12.3. The lowest BCUT2D eigenvalue weighted by atomic mass is 10.2. The highest BCUT2D eigenvalue weighted by Crippen LogP contribution is 2.20. The molecule has 7 nitrogen and oxygen atoms in total. The van der Waals surface area contributed by atoms with E-state index in [9.17, 15) is 4.79 Å². The molecule has 0 radical (unpaired) electrons. The molecule has 0 atom stereocenters.